The predicted molar refractivity (Wildman–Crippen MR) is 78.1 cm³/mol. The minimum atomic E-state index is -3.39. The Kier molecular flexibility index (Phi) is 5.91. The Labute approximate surface area is 121 Å². The van der Waals surface area contributed by atoms with Crippen molar-refractivity contribution >= 4 is 42.1 Å². The molecule has 0 aromatic rings. The second-order valence-corrected chi connectivity index (χ2v) is 7.64. The van der Waals surface area contributed by atoms with Crippen molar-refractivity contribution in [1.29, 1.82) is 0 Å². The van der Waals surface area contributed by atoms with E-state index in [0.717, 1.165) is 19.3 Å². The minimum Gasteiger partial charge on any atom is -0.195 e. The fourth-order valence-electron chi connectivity index (χ4n) is 1.89. The molecule has 0 bridgehead atoms. The zero-order chi connectivity index (χ0) is 13.1. The third-order valence-corrected chi connectivity index (χ3v) is 7.40. The number of rotatable bonds is 5. The van der Waals surface area contributed by atoms with Gasteiger partial charge in [-0.3, -0.25) is 0 Å². The molecule has 102 valence electrons. The quantitative estimate of drug-likeness (QED) is 0.730. The fraction of sp³-hybridized carbons (Fsp3) is 1.00. The molecule has 0 aliphatic carbocycles. The molecule has 1 aliphatic rings. The molecule has 1 aliphatic heterocycles. The van der Waals surface area contributed by atoms with Gasteiger partial charge in [0.1, 0.15) is 0 Å². The highest BCUT2D eigenvalue weighted by atomic mass is 79.9. The Balaban J connectivity index is 2.80. The van der Waals surface area contributed by atoms with Gasteiger partial charge in [0, 0.05) is 23.2 Å². The van der Waals surface area contributed by atoms with Gasteiger partial charge in [-0.05, 0) is 26.7 Å². The second-order valence-electron chi connectivity index (χ2n) is 4.89. The van der Waals surface area contributed by atoms with E-state index in [9.17, 15) is 8.42 Å². The molecule has 1 fully saturated rings. The first kappa shape index (κ1) is 15.9. The summed E-state index contributed by atoms with van der Waals surface area (Å²) in [5.41, 5.74) is -0.490. The van der Waals surface area contributed by atoms with Crippen LogP contribution in [0.1, 0.15) is 33.1 Å². The van der Waals surface area contributed by atoms with Crippen molar-refractivity contribution in [1.82, 2.24) is 9.03 Å². The van der Waals surface area contributed by atoms with Crippen molar-refractivity contribution in [2.45, 2.75) is 44.7 Å². The first-order valence-electron chi connectivity index (χ1n) is 5.77. The molecule has 0 spiro atoms. The summed E-state index contributed by atoms with van der Waals surface area (Å²) in [6, 6.07) is 0.0937. The number of alkyl halides is 2. The van der Waals surface area contributed by atoms with Gasteiger partial charge in [-0.15, -0.1) is 0 Å². The van der Waals surface area contributed by atoms with Crippen LogP contribution in [0.15, 0.2) is 0 Å². The number of hydrogen-bond acceptors (Lipinski definition) is 2. The van der Waals surface area contributed by atoms with Crippen LogP contribution in [0.4, 0.5) is 0 Å². The summed E-state index contributed by atoms with van der Waals surface area (Å²) in [6.07, 6.45) is 3.01. The third kappa shape index (κ3) is 4.16. The van der Waals surface area contributed by atoms with Crippen LogP contribution >= 0.6 is 31.9 Å². The average Bonchev–Trinajstić information content (AvgIpc) is 2.28. The van der Waals surface area contributed by atoms with Crippen LogP contribution in [0.5, 0.6) is 0 Å². The van der Waals surface area contributed by atoms with Crippen molar-refractivity contribution in [3.05, 3.63) is 0 Å². The van der Waals surface area contributed by atoms with Gasteiger partial charge < -0.3 is 0 Å². The lowest BCUT2D eigenvalue weighted by Crippen LogP contribution is -2.56. The van der Waals surface area contributed by atoms with E-state index < -0.39 is 15.7 Å². The summed E-state index contributed by atoms with van der Waals surface area (Å²) >= 11 is 6.70. The molecule has 1 heterocycles. The first-order valence-corrected chi connectivity index (χ1v) is 9.45. The molecule has 4 nitrogen and oxygen atoms in total. The topological polar surface area (TPSA) is 49.4 Å². The Morgan fingerprint density at radius 2 is 1.94 bits per heavy atom. The van der Waals surface area contributed by atoms with Gasteiger partial charge in [0.2, 0.25) is 0 Å². The molecule has 1 saturated heterocycles. The Morgan fingerprint density at radius 1 is 1.35 bits per heavy atom. The Hall–Kier alpha value is 0.830. The smallest absolute Gasteiger partial charge is 0.195 e. The highest BCUT2D eigenvalue weighted by Crippen LogP contribution is 2.21. The normalized spacial score (nSPS) is 23.9. The van der Waals surface area contributed by atoms with Crippen LogP contribution in [0, 0.1) is 0 Å². The molecule has 1 N–H and O–H groups in total. The number of piperidine rings is 1. The van der Waals surface area contributed by atoms with Gasteiger partial charge in [0.25, 0.3) is 10.2 Å². The van der Waals surface area contributed by atoms with Crippen LogP contribution in [0.2, 0.25) is 0 Å². The largest absolute Gasteiger partial charge is 0.280 e. The van der Waals surface area contributed by atoms with Gasteiger partial charge in [-0.25, -0.2) is 0 Å². The van der Waals surface area contributed by atoms with Gasteiger partial charge in [-0.2, -0.15) is 17.4 Å². The van der Waals surface area contributed by atoms with Gasteiger partial charge in [0.15, 0.2) is 0 Å². The molecule has 7 heteroatoms. The zero-order valence-corrected chi connectivity index (χ0v) is 14.2. The summed E-state index contributed by atoms with van der Waals surface area (Å²) in [6.45, 7) is 4.47. The molecule has 0 aromatic heterocycles. The van der Waals surface area contributed by atoms with E-state index >= 15 is 0 Å². The van der Waals surface area contributed by atoms with E-state index in [1.807, 2.05) is 13.8 Å². The molecular weight excluding hydrogens is 372 g/mol. The maximum atomic E-state index is 12.3. The summed E-state index contributed by atoms with van der Waals surface area (Å²) < 4.78 is 29.0. The lowest BCUT2D eigenvalue weighted by molar-refractivity contribution is 0.261. The van der Waals surface area contributed by atoms with Crippen LogP contribution in [0.3, 0.4) is 0 Å². The van der Waals surface area contributed by atoms with Crippen LogP contribution in [-0.2, 0) is 10.2 Å². The predicted octanol–water partition coefficient (Wildman–Crippen LogP) is 2.24. The first-order chi connectivity index (χ1) is 7.84. The summed E-state index contributed by atoms with van der Waals surface area (Å²) in [5.74, 6) is 0. The van der Waals surface area contributed by atoms with Crippen LogP contribution in [-0.4, -0.2) is 41.5 Å². The Morgan fingerprint density at radius 3 is 2.41 bits per heavy atom. The number of nitrogens with zero attached hydrogens (tertiary/aromatic N) is 1. The molecule has 1 atom stereocenters. The summed E-state index contributed by atoms with van der Waals surface area (Å²) in [4.78, 5) is 0. The van der Waals surface area contributed by atoms with Crippen LogP contribution < -0.4 is 4.72 Å². The molecule has 0 amide bonds. The number of halogens is 2. The Bertz CT molecular complexity index is 344. The van der Waals surface area contributed by atoms with Gasteiger partial charge in [0.05, 0.1) is 5.54 Å². The standard InChI is InChI=1S/C10H20Br2N2O2S/c1-9-5-3-4-6-14(9)17(15,16)13-10(2,7-11)8-12/h9,13H,3-8H2,1-2H3. The molecule has 1 rings (SSSR count). The van der Waals surface area contributed by atoms with Crippen LogP contribution in [0.25, 0.3) is 0 Å². The van der Waals surface area contributed by atoms with E-state index in [4.69, 9.17) is 0 Å². The number of hydrogen-bond donors (Lipinski definition) is 1. The number of nitrogens with one attached hydrogen (secondary N) is 1. The SMILES string of the molecule is CC1CCCCN1S(=O)(=O)NC(C)(CBr)CBr. The maximum Gasteiger partial charge on any atom is 0.280 e. The molecule has 0 saturated carbocycles. The van der Waals surface area contributed by atoms with Crippen molar-refractivity contribution in [3.8, 4) is 0 Å². The fourth-order valence-corrected chi connectivity index (χ4v) is 5.30. The second kappa shape index (κ2) is 6.32. The van der Waals surface area contributed by atoms with E-state index in [0.29, 0.717) is 17.2 Å². The summed E-state index contributed by atoms with van der Waals surface area (Å²) in [7, 11) is -3.39. The average molecular weight is 392 g/mol. The molecule has 0 radical (unpaired) electrons. The van der Waals surface area contributed by atoms with Crippen molar-refractivity contribution in [2.75, 3.05) is 17.2 Å². The maximum absolute atomic E-state index is 12.3. The van der Waals surface area contributed by atoms with Crippen molar-refractivity contribution < 1.29 is 8.42 Å². The summed E-state index contributed by atoms with van der Waals surface area (Å²) in [5, 5.41) is 1.15. The minimum absolute atomic E-state index is 0.0937. The highest BCUT2D eigenvalue weighted by molar-refractivity contribution is 9.09. The van der Waals surface area contributed by atoms with Crippen molar-refractivity contribution in [3.63, 3.8) is 0 Å². The zero-order valence-electron chi connectivity index (χ0n) is 10.2. The van der Waals surface area contributed by atoms with Gasteiger partial charge >= 0.3 is 0 Å². The van der Waals surface area contributed by atoms with Gasteiger partial charge in [-0.1, -0.05) is 38.3 Å². The molecule has 0 aromatic carbocycles. The van der Waals surface area contributed by atoms with E-state index in [2.05, 4.69) is 36.6 Å². The van der Waals surface area contributed by atoms with E-state index in [1.54, 1.807) is 4.31 Å². The molecular formula is C10H20Br2N2O2S. The highest BCUT2D eigenvalue weighted by Gasteiger charge is 2.35. The molecule has 1 unspecified atom stereocenters. The van der Waals surface area contributed by atoms with E-state index in [1.165, 1.54) is 0 Å². The lowest BCUT2D eigenvalue weighted by Gasteiger charge is -2.36. The van der Waals surface area contributed by atoms with Crippen molar-refractivity contribution in [2.24, 2.45) is 0 Å². The third-order valence-electron chi connectivity index (χ3n) is 3.02. The molecule has 17 heavy (non-hydrogen) atoms. The monoisotopic (exact) mass is 390 g/mol. The lowest BCUT2D eigenvalue weighted by atomic mass is 10.1. The van der Waals surface area contributed by atoms with E-state index in [-0.39, 0.29) is 6.04 Å².